The molecule has 0 saturated heterocycles. The fourth-order valence-corrected chi connectivity index (χ4v) is 2.05. The summed E-state index contributed by atoms with van der Waals surface area (Å²) in [6, 6.07) is 4.84. The van der Waals surface area contributed by atoms with Crippen LogP contribution in [0.3, 0.4) is 0 Å². The molecule has 1 aromatic rings. The van der Waals surface area contributed by atoms with Crippen molar-refractivity contribution in [2.75, 3.05) is 12.4 Å². The van der Waals surface area contributed by atoms with Crippen molar-refractivity contribution < 1.29 is 14.3 Å². The smallest absolute Gasteiger partial charge is 0.263 e. The number of nitrogens with one attached hydrogen (secondary N) is 1. The lowest BCUT2D eigenvalue weighted by molar-refractivity contribution is -0.138. The number of rotatable bonds is 4. The lowest BCUT2D eigenvalue weighted by Crippen LogP contribution is -2.40. The molecule has 0 aliphatic rings. The topological polar surface area (TPSA) is 81.4 Å². The second-order valence-electron chi connectivity index (χ2n) is 3.17. The van der Waals surface area contributed by atoms with E-state index in [0.717, 1.165) is 0 Å². The molecule has 0 bridgehead atoms. The van der Waals surface area contributed by atoms with Crippen molar-refractivity contribution in [3.05, 3.63) is 27.7 Å². The third-order valence-corrected chi connectivity index (χ3v) is 2.54. The van der Waals surface area contributed by atoms with Crippen LogP contribution in [-0.2, 0) is 14.3 Å². The van der Waals surface area contributed by atoms with Gasteiger partial charge in [-0.05, 0) is 18.2 Å². The molecule has 17 heavy (non-hydrogen) atoms. The Morgan fingerprint density at radius 2 is 2.12 bits per heavy atom. The van der Waals surface area contributed by atoms with Crippen LogP contribution in [0, 0.1) is 0 Å². The first-order valence-electron chi connectivity index (χ1n) is 4.53. The molecule has 0 spiro atoms. The Morgan fingerprint density at radius 3 is 2.59 bits per heavy atom. The minimum absolute atomic E-state index is 0.442. The number of benzene rings is 1. The first kappa shape index (κ1) is 14.0. The number of carbonyl (C=O) groups is 2. The number of methoxy groups -OCH3 is 1. The van der Waals surface area contributed by atoms with Gasteiger partial charge >= 0.3 is 0 Å². The Kier molecular flexibility index (Phi) is 4.92. The summed E-state index contributed by atoms with van der Waals surface area (Å²) in [6.07, 6.45) is -1.33. The zero-order chi connectivity index (χ0) is 13.0. The van der Waals surface area contributed by atoms with E-state index in [2.05, 4.69) is 26.0 Å². The van der Waals surface area contributed by atoms with Crippen molar-refractivity contribution in [1.29, 1.82) is 0 Å². The normalized spacial score (nSPS) is 11.9. The van der Waals surface area contributed by atoms with Gasteiger partial charge in [-0.3, -0.25) is 9.59 Å². The largest absolute Gasteiger partial charge is 0.367 e. The van der Waals surface area contributed by atoms with Gasteiger partial charge in [0.2, 0.25) is 6.10 Å². The Bertz CT molecular complexity index is 433. The molecule has 1 rings (SSSR count). The van der Waals surface area contributed by atoms with E-state index in [9.17, 15) is 9.59 Å². The van der Waals surface area contributed by atoms with Crippen LogP contribution in [0.15, 0.2) is 22.7 Å². The molecule has 0 radical (unpaired) electrons. The van der Waals surface area contributed by atoms with Crippen LogP contribution in [0.25, 0.3) is 0 Å². The Morgan fingerprint density at radius 1 is 1.47 bits per heavy atom. The number of hydrogen-bond acceptors (Lipinski definition) is 3. The summed E-state index contributed by atoms with van der Waals surface area (Å²) in [7, 11) is 1.23. The summed E-state index contributed by atoms with van der Waals surface area (Å²) in [4.78, 5) is 22.5. The molecule has 0 heterocycles. The molecule has 0 aromatic heterocycles. The molecule has 0 aliphatic heterocycles. The van der Waals surface area contributed by atoms with Crippen LogP contribution in [0.4, 0.5) is 5.69 Å². The van der Waals surface area contributed by atoms with E-state index in [1.54, 1.807) is 12.1 Å². The van der Waals surface area contributed by atoms with Crippen molar-refractivity contribution >= 4 is 45.0 Å². The van der Waals surface area contributed by atoms with Crippen LogP contribution in [-0.4, -0.2) is 25.0 Å². The summed E-state index contributed by atoms with van der Waals surface area (Å²) >= 11 is 9.03. The van der Waals surface area contributed by atoms with Gasteiger partial charge in [0.15, 0.2) is 0 Å². The maximum atomic E-state index is 11.6. The fraction of sp³-hybridized carbons (Fsp3) is 0.200. The highest BCUT2D eigenvalue weighted by Gasteiger charge is 2.23. The summed E-state index contributed by atoms with van der Waals surface area (Å²) < 4.78 is 5.38. The van der Waals surface area contributed by atoms with Gasteiger partial charge in [0, 0.05) is 22.3 Å². The van der Waals surface area contributed by atoms with Crippen molar-refractivity contribution in [3.8, 4) is 0 Å². The van der Waals surface area contributed by atoms with Gasteiger partial charge in [-0.1, -0.05) is 27.5 Å². The van der Waals surface area contributed by atoms with Crippen molar-refractivity contribution in [2.45, 2.75) is 6.10 Å². The van der Waals surface area contributed by atoms with Crippen LogP contribution in [0.2, 0.25) is 5.02 Å². The summed E-state index contributed by atoms with van der Waals surface area (Å²) in [5.41, 5.74) is 5.44. The molecule has 1 unspecified atom stereocenters. The zero-order valence-electron chi connectivity index (χ0n) is 8.87. The molecule has 7 heteroatoms. The minimum Gasteiger partial charge on any atom is -0.367 e. The van der Waals surface area contributed by atoms with Crippen molar-refractivity contribution in [1.82, 2.24) is 0 Å². The van der Waals surface area contributed by atoms with Gasteiger partial charge in [-0.25, -0.2) is 0 Å². The zero-order valence-corrected chi connectivity index (χ0v) is 11.2. The third kappa shape index (κ3) is 3.99. The number of hydrogen-bond donors (Lipinski definition) is 2. The highest BCUT2D eigenvalue weighted by atomic mass is 79.9. The average molecular weight is 322 g/mol. The van der Waals surface area contributed by atoms with Crippen LogP contribution in [0.1, 0.15) is 0 Å². The maximum Gasteiger partial charge on any atom is 0.263 e. The van der Waals surface area contributed by atoms with Gasteiger partial charge < -0.3 is 15.8 Å². The summed E-state index contributed by atoms with van der Waals surface area (Å²) in [6.45, 7) is 0. The lowest BCUT2D eigenvalue weighted by atomic mass is 10.2. The summed E-state index contributed by atoms with van der Waals surface area (Å²) in [5, 5.41) is 2.92. The van der Waals surface area contributed by atoms with E-state index < -0.39 is 17.9 Å². The van der Waals surface area contributed by atoms with E-state index in [1.165, 1.54) is 13.2 Å². The van der Waals surface area contributed by atoms with Crippen LogP contribution in [0.5, 0.6) is 0 Å². The first-order valence-corrected chi connectivity index (χ1v) is 5.70. The average Bonchev–Trinajstić information content (AvgIpc) is 2.15. The quantitative estimate of drug-likeness (QED) is 0.825. The van der Waals surface area contributed by atoms with Gasteiger partial charge in [-0.15, -0.1) is 0 Å². The van der Waals surface area contributed by atoms with Crippen LogP contribution >= 0.6 is 27.5 Å². The van der Waals surface area contributed by atoms with Crippen molar-refractivity contribution in [3.63, 3.8) is 0 Å². The SMILES string of the molecule is COC(C(N)=O)C(=O)Nc1cc(Cl)cc(Br)c1. The van der Waals surface area contributed by atoms with E-state index in [1.807, 2.05) is 0 Å². The number of carbonyl (C=O) groups excluding carboxylic acids is 2. The Hall–Kier alpha value is -1.11. The number of halogens is 2. The molecular weight excluding hydrogens is 311 g/mol. The Balaban J connectivity index is 2.83. The molecule has 0 fully saturated rings. The monoisotopic (exact) mass is 320 g/mol. The molecule has 1 atom stereocenters. The summed E-state index contributed by atoms with van der Waals surface area (Å²) in [5.74, 6) is -1.50. The standard InChI is InChI=1S/C10H10BrClN2O3/c1-17-8(9(13)15)10(16)14-7-3-5(11)2-6(12)4-7/h2-4,8H,1H3,(H2,13,15)(H,14,16). The predicted molar refractivity (Wildman–Crippen MR) is 67.8 cm³/mol. The molecule has 3 N–H and O–H groups in total. The lowest BCUT2D eigenvalue weighted by Gasteiger charge is -2.12. The molecular formula is C10H10BrClN2O3. The van der Waals surface area contributed by atoms with Crippen molar-refractivity contribution in [2.24, 2.45) is 5.73 Å². The number of anilines is 1. The van der Waals surface area contributed by atoms with Gasteiger partial charge in [0.05, 0.1) is 0 Å². The predicted octanol–water partition coefficient (Wildman–Crippen LogP) is 1.54. The molecule has 2 amide bonds. The third-order valence-electron chi connectivity index (χ3n) is 1.86. The first-order chi connectivity index (χ1) is 7.93. The Labute approximate surface area is 111 Å². The molecule has 92 valence electrons. The highest BCUT2D eigenvalue weighted by molar-refractivity contribution is 9.10. The van der Waals surface area contributed by atoms with E-state index >= 15 is 0 Å². The molecule has 5 nitrogen and oxygen atoms in total. The van der Waals surface area contributed by atoms with E-state index in [0.29, 0.717) is 15.2 Å². The molecule has 1 aromatic carbocycles. The number of nitrogens with two attached hydrogens (primary N) is 1. The van der Waals surface area contributed by atoms with E-state index in [4.69, 9.17) is 17.3 Å². The van der Waals surface area contributed by atoms with Gasteiger partial charge in [-0.2, -0.15) is 0 Å². The highest BCUT2D eigenvalue weighted by Crippen LogP contribution is 2.22. The number of amides is 2. The minimum atomic E-state index is -1.33. The maximum absolute atomic E-state index is 11.6. The second-order valence-corrected chi connectivity index (χ2v) is 4.52. The van der Waals surface area contributed by atoms with Gasteiger partial charge in [0.25, 0.3) is 11.8 Å². The molecule has 0 saturated carbocycles. The van der Waals surface area contributed by atoms with Crippen LogP contribution < -0.4 is 11.1 Å². The fourth-order valence-electron chi connectivity index (χ4n) is 1.19. The second kappa shape index (κ2) is 6.00. The van der Waals surface area contributed by atoms with Gasteiger partial charge in [0.1, 0.15) is 0 Å². The number of primary amides is 1. The number of ether oxygens (including phenoxy) is 1. The van der Waals surface area contributed by atoms with E-state index in [-0.39, 0.29) is 0 Å². The molecule has 0 aliphatic carbocycles.